The van der Waals surface area contributed by atoms with Gasteiger partial charge < -0.3 is 15.2 Å². The van der Waals surface area contributed by atoms with Gasteiger partial charge in [0.05, 0.1) is 18.5 Å². The first-order valence-corrected chi connectivity index (χ1v) is 6.64. The maximum absolute atomic E-state index is 11.8. The Kier molecular flexibility index (Phi) is 4.90. The summed E-state index contributed by atoms with van der Waals surface area (Å²) in [5, 5.41) is 11.7. The van der Waals surface area contributed by atoms with Crippen LogP contribution in [0.5, 0.6) is 5.75 Å². The van der Waals surface area contributed by atoms with Crippen molar-refractivity contribution >= 4 is 11.6 Å². The van der Waals surface area contributed by atoms with E-state index in [0.717, 1.165) is 16.8 Å². The Morgan fingerprint density at radius 2 is 2.10 bits per heavy atom. The number of carbonyl (C=O) groups excluding carboxylic acids is 1. The molecule has 1 aromatic heterocycles. The maximum Gasteiger partial charge on any atom is 0.262 e. The molecule has 0 saturated carbocycles. The maximum atomic E-state index is 11.8. The third kappa shape index (κ3) is 4.29. The molecule has 0 fully saturated rings. The Morgan fingerprint density at radius 3 is 2.71 bits per heavy atom. The van der Waals surface area contributed by atoms with E-state index in [1.54, 1.807) is 12.1 Å². The average Bonchev–Trinajstić information content (AvgIpc) is 2.48. The van der Waals surface area contributed by atoms with Crippen molar-refractivity contribution in [3.05, 3.63) is 53.3 Å². The molecule has 0 bridgehead atoms. The lowest BCUT2D eigenvalue weighted by Crippen LogP contribution is -2.20. The fourth-order valence-corrected chi connectivity index (χ4v) is 1.88. The van der Waals surface area contributed by atoms with Crippen molar-refractivity contribution < 1.29 is 14.6 Å². The summed E-state index contributed by atoms with van der Waals surface area (Å²) in [5.74, 6) is 0.260. The summed E-state index contributed by atoms with van der Waals surface area (Å²) >= 11 is 0. The lowest BCUT2D eigenvalue weighted by atomic mass is 10.1. The molecule has 5 nitrogen and oxygen atoms in total. The first kappa shape index (κ1) is 15.0. The fourth-order valence-electron chi connectivity index (χ4n) is 1.88. The fraction of sp³-hybridized carbons (Fsp3) is 0.250. The quantitative estimate of drug-likeness (QED) is 0.884. The predicted molar refractivity (Wildman–Crippen MR) is 80.2 cm³/mol. The topological polar surface area (TPSA) is 71.5 Å². The van der Waals surface area contributed by atoms with Gasteiger partial charge in [0.25, 0.3) is 5.91 Å². The van der Waals surface area contributed by atoms with Gasteiger partial charge in [-0.15, -0.1) is 0 Å². The molecule has 110 valence electrons. The van der Waals surface area contributed by atoms with E-state index < -0.39 is 0 Å². The van der Waals surface area contributed by atoms with Crippen molar-refractivity contribution in [2.75, 3.05) is 11.9 Å². The number of hydrogen-bond acceptors (Lipinski definition) is 4. The Balaban J connectivity index is 1.89. The number of aryl methyl sites for hydroxylation is 2. The number of aliphatic hydroxyl groups is 1. The molecule has 0 unspecified atom stereocenters. The van der Waals surface area contributed by atoms with Gasteiger partial charge in [0.15, 0.2) is 6.61 Å². The van der Waals surface area contributed by atoms with Gasteiger partial charge in [-0.05, 0) is 37.6 Å². The standard InChI is InChI=1S/C16H18N2O3/c1-11-3-6-15(12(2)7-11)18-16(20)10-21-14-5-4-13(9-19)17-8-14/h3-8,19H,9-10H2,1-2H3,(H,18,20). The summed E-state index contributed by atoms with van der Waals surface area (Å²) in [6.45, 7) is 3.74. The van der Waals surface area contributed by atoms with Crippen molar-refractivity contribution in [2.45, 2.75) is 20.5 Å². The van der Waals surface area contributed by atoms with Crippen LogP contribution in [0.25, 0.3) is 0 Å². The summed E-state index contributed by atoms with van der Waals surface area (Å²) in [7, 11) is 0. The number of nitrogens with zero attached hydrogens (tertiary/aromatic N) is 1. The summed E-state index contributed by atoms with van der Waals surface area (Å²) in [6.07, 6.45) is 1.48. The number of benzene rings is 1. The molecular formula is C16H18N2O3. The summed E-state index contributed by atoms with van der Waals surface area (Å²) in [4.78, 5) is 15.8. The Bertz CT molecular complexity index is 624. The zero-order valence-electron chi connectivity index (χ0n) is 12.1. The first-order valence-electron chi connectivity index (χ1n) is 6.64. The van der Waals surface area contributed by atoms with Crippen molar-refractivity contribution in [3.8, 4) is 5.75 Å². The zero-order valence-corrected chi connectivity index (χ0v) is 12.1. The monoisotopic (exact) mass is 286 g/mol. The molecule has 0 atom stereocenters. The van der Waals surface area contributed by atoms with Crippen LogP contribution >= 0.6 is 0 Å². The second kappa shape index (κ2) is 6.85. The largest absolute Gasteiger partial charge is 0.482 e. The van der Waals surface area contributed by atoms with E-state index in [1.807, 2.05) is 32.0 Å². The summed E-state index contributed by atoms with van der Waals surface area (Å²) < 4.78 is 5.35. The van der Waals surface area contributed by atoms with E-state index in [4.69, 9.17) is 9.84 Å². The van der Waals surface area contributed by atoms with Gasteiger partial charge in [-0.1, -0.05) is 17.7 Å². The minimum atomic E-state index is -0.229. The third-order valence-corrected chi connectivity index (χ3v) is 2.99. The highest BCUT2D eigenvalue weighted by Crippen LogP contribution is 2.16. The lowest BCUT2D eigenvalue weighted by Gasteiger charge is -2.10. The Labute approximate surface area is 123 Å². The number of amides is 1. The van der Waals surface area contributed by atoms with Crippen LogP contribution in [-0.2, 0) is 11.4 Å². The van der Waals surface area contributed by atoms with Crippen molar-refractivity contribution in [1.29, 1.82) is 0 Å². The average molecular weight is 286 g/mol. The molecule has 0 radical (unpaired) electrons. The first-order chi connectivity index (χ1) is 10.1. The van der Waals surface area contributed by atoms with Crippen LogP contribution in [0.2, 0.25) is 0 Å². The molecule has 0 spiro atoms. The van der Waals surface area contributed by atoms with Gasteiger partial charge in [-0.2, -0.15) is 0 Å². The molecule has 0 aliphatic rings. The van der Waals surface area contributed by atoms with E-state index in [2.05, 4.69) is 10.3 Å². The molecular weight excluding hydrogens is 268 g/mol. The molecule has 0 saturated heterocycles. The number of nitrogens with one attached hydrogen (secondary N) is 1. The van der Waals surface area contributed by atoms with Crippen molar-refractivity contribution in [3.63, 3.8) is 0 Å². The second-order valence-corrected chi connectivity index (χ2v) is 4.80. The van der Waals surface area contributed by atoms with E-state index >= 15 is 0 Å². The number of aromatic nitrogens is 1. The highest BCUT2D eigenvalue weighted by molar-refractivity contribution is 5.92. The van der Waals surface area contributed by atoms with Crippen LogP contribution in [0, 0.1) is 13.8 Å². The normalized spacial score (nSPS) is 10.2. The van der Waals surface area contributed by atoms with Gasteiger partial charge >= 0.3 is 0 Å². The van der Waals surface area contributed by atoms with Crippen LogP contribution in [0.3, 0.4) is 0 Å². The molecule has 5 heteroatoms. The molecule has 21 heavy (non-hydrogen) atoms. The highest BCUT2D eigenvalue weighted by atomic mass is 16.5. The number of rotatable bonds is 5. The number of hydrogen-bond donors (Lipinski definition) is 2. The Hall–Kier alpha value is -2.40. The molecule has 0 aliphatic carbocycles. The molecule has 1 heterocycles. The number of carbonyl (C=O) groups is 1. The van der Waals surface area contributed by atoms with Gasteiger partial charge in [-0.25, -0.2) is 0 Å². The minimum absolute atomic E-state index is 0.0898. The number of pyridine rings is 1. The molecule has 1 aromatic carbocycles. The second-order valence-electron chi connectivity index (χ2n) is 4.80. The summed E-state index contributed by atoms with van der Waals surface area (Å²) in [5.41, 5.74) is 3.50. The van der Waals surface area contributed by atoms with E-state index in [0.29, 0.717) is 11.4 Å². The number of aliphatic hydroxyl groups excluding tert-OH is 1. The Morgan fingerprint density at radius 1 is 1.29 bits per heavy atom. The van der Waals surface area contributed by atoms with Crippen LogP contribution < -0.4 is 10.1 Å². The van der Waals surface area contributed by atoms with Crippen LogP contribution in [-0.4, -0.2) is 22.6 Å². The zero-order chi connectivity index (χ0) is 15.2. The van der Waals surface area contributed by atoms with Crippen LogP contribution in [0.1, 0.15) is 16.8 Å². The predicted octanol–water partition coefficient (Wildman–Crippen LogP) is 2.21. The lowest BCUT2D eigenvalue weighted by molar-refractivity contribution is -0.118. The van der Waals surface area contributed by atoms with E-state index in [-0.39, 0.29) is 19.1 Å². The molecule has 2 rings (SSSR count). The highest BCUT2D eigenvalue weighted by Gasteiger charge is 2.06. The number of anilines is 1. The molecule has 1 amide bonds. The SMILES string of the molecule is Cc1ccc(NC(=O)COc2ccc(CO)nc2)c(C)c1. The van der Waals surface area contributed by atoms with E-state index in [9.17, 15) is 4.79 Å². The number of ether oxygens (including phenoxy) is 1. The van der Waals surface area contributed by atoms with Crippen molar-refractivity contribution in [2.24, 2.45) is 0 Å². The van der Waals surface area contributed by atoms with Crippen LogP contribution in [0.15, 0.2) is 36.5 Å². The minimum Gasteiger partial charge on any atom is -0.482 e. The van der Waals surface area contributed by atoms with Crippen LogP contribution in [0.4, 0.5) is 5.69 Å². The molecule has 2 aromatic rings. The van der Waals surface area contributed by atoms with Gasteiger partial charge in [-0.3, -0.25) is 9.78 Å². The molecule has 0 aliphatic heterocycles. The van der Waals surface area contributed by atoms with E-state index in [1.165, 1.54) is 6.20 Å². The van der Waals surface area contributed by atoms with Crippen molar-refractivity contribution in [1.82, 2.24) is 4.98 Å². The molecule has 2 N–H and O–H groups in total. The smallest absolute Gasteiger partial charge is 0.262 e. The van der Waals surface area contributed by atoms with Gasteiger partial charge in [0.1, 0.15) is 5.75 Å². The summed E-state index contributed by atoms with van der Waals surface area (Å²) in [6, 6.07) is 9.15. The van der Waals surface area contributed by atoms with Gasteiger partial charge in [0.2, 0.25) is 0 Å². The third-order valence-electron chi connectivity index (χ3n) is 2.99. The van der Waals surface area contributed by atoms with Gasteiger partial charge in [0, 0.05) is 5.69 Å².